The lowest BCUT2D eigenvalue weighted by Crippen LogP contribution is -2.19. The number of halogens is 3. The number of rotatable bonds is 15. The third-order valence-electron chi connectivity index (χ3n) is 6.34. The van der Waals surface area contributed by atoms with Crippen molar-refractivity contribution >= 4 is 18.0 Å². The molecular weight excluding hydrogens is 551 g/mol. The minimum atomic E-state index is -2.32. The Morgan fingerprint density at radius 1 is 1.16 bits per heavy atom. The summed E-state index contributed by atoms with van der Waals surface area (Å²) in [6.07, 6.45) is 17.0. The highest BCUT2D eigenvalue weighted by atomic mass is 19.3. The molecule has 242 valence electrons. The molecule has 2 aliphatic carbocycles. The fourth-order valence-corrected chi connectivity index (χ4v) is 3.85. The minimum absolute atomic E-state index is 0.118. The topological polar surface area (TPSA) is 115 Å². The molecule has 2 aliphatic rings. The maximum atomic E-state index is 13.6. The van der Waals surface area contributed by atoms with Crippen LogP contribution in [0.15, 0.2) is 53.6 Å². The number of allylic oxidation sites excluding steroid dienone is 2. The summed E-state index contributed by atoms with van der Waals surface area (Å²) in [5, 5.41) is 14.1. The van der Waals surface area contributed by atoms with Crippen molar-refractivity contribution in [2.24, 2.45) is 10.7 Å². The highest BCUT2D eigenvalue weighted by Gasteiger charge is 2.30. The van der Waals surface area contributed by atoms with Crippen molar-refractivity contribution in [3.63, 3.8) is 0 Å². The summed E-state index contributed by atoms with van der Waals surface area (Å²) in [7, 11) is 0. The lowest BCUT2D eigenvalue weighted by Gasteiger charge is -2.20. The second-order valence-electron chi connectivity index (χ2n) is 12.0. The van der Waals surface area contributed by atoms with Gasteiger partial charge in [-0.3, -0.25) is 4.99 Å². The molecular formula is C33H54F3N7. The number of aliphatic imine (C=N–C) groups is 1. The number of alkyl halides is 3. The van der Waals surface area contributed by atoms with E-state index in [1.54, 1.807) is 32.2 Å². The first-order valence-electron chi connectivity index (χ1n) is 15.4. The zero-order valence-electron chi connectivity index (χ0n) is 26.7. The van der Waals surface area contributed by atoms with E-state index in [9.17, 15) is 13.2 Å². The lowest BCUT2D eigenvalue weighted by atomic mass is 9.97. The molecule has 10 heteroatoms. The van der Waals surface area contributed by atoms with Gasteiger partial charge >= 0.3 is 0 Å². The van der Waals surface area contributed by atoms with Gasteiger partial charge in [0, 0.05) is 37.3 Å². The van der Waals surface area contributed by atoms with Crippen LogP contribution in [0.2, 0.25) is 0 Å². The molecule has 0 atom stereocenters. The first-order valence-corrected chi connectivity index (χ1v) is 15.4. The summed E-state index contributed by atoms with van der Waals surface area (Å²) in [5.41, 5.74) is 8.15. The Morgan fingerprint density at radius 3 is 2.28 bits per heavy atom. The van der Waals surface area contributed by atoms with E-state index in [0.717, 1.165) is 29.8 Å². The van der Waals surface area contributed by atoms with Crippen LogP contribution in [0, 0.1) is 5.41 Å². The van der Waals surface area contributed by atoms with E-state index >= 15 is 0 Å². The lowest BCUT2D eigenvalue weighted by molar-refractivity contribution is -0.0337. The maximum absolute atomic E-state index is 13.6. The molecule has 0 aromatic carbocycles. The Hall–Kier alpha value is -3.30. The van der Waals surface area contributed by atoms with Crippen LogP contribution in [0.4, 0.5) is 13.2 Å². The molecule has 0 amide bonds. The summed E-state index contributed by atoms with van der Waals surface area (Å²) >= 11 is 0. The van der Waals surface area contributed by atoms with Crippen LogP contribution in [0.5, 0.6) is 0 Å². The molecule has 6 N–H and O–H groups in total. The number of imidazole rings is 1. The molecule has 1 aromatic rings. The molecule has 1 heterocycles. The highest BCUT2D eigenvalue weighted by molar-refractivity contribution is 6.07. The Bertz CT molecular complexity index is 1070. The van der Waals surface area contributed by atoms with Crippen molar-refractivity contribution in [1.29, 1.82) is 5.41 Å². The fraction of sp³-hybridized carbons (Fsp3) is 0.606. The fourth-order valence-electron chi connectivity index (χ4n) is 3.85. The second kappa shape index (κ2) is 19.8. The number of hydrogen-bond acceptors (Lipinski definition) is 6. The van der Waals surface area contributed by atoms with Gasteiger partial charge in [-0.1, -0.05) is 38.8 Å². The molecule has 1 aromatic heterocycles. The number of nitrogens with two attached hydrogens (primary N) is 1. The predicted octanol–water partition coefficient (Wildman–Crippen LogP) is 8.15. The molecule has 2 fully saturated rings. The normalized spacial score (nSPS) is 16.5. The quantitative estimate of drug-likeness (QED) is 0.130. The largest absolute Gasteiger partial charge is 0.405 e. The van der Waals surface area contributed by atoms with Crippen LogP contribution in [-0.4, -0.2) is 46.1 Å². The molecule has 0 aliphatic heterocycles. The predicted molar refractivity (Wildman–Crippen MR) is 175 cm³/mol. The van der Waals surface area contributed by atoms with Gasteiger partial charge in [0.25, 0.3) is 0 Å². The van der Waals surface area contributed by atoms with Crippen molar-refractivity contribution in [3.8, 4) is 0 Å². The molecule has 0 unspecified atom stereocenters. The first-order chi connectivity index (χ1) is 20.2. The minimum Gasteiger partial charge on any atom is -0.405 e. The molecule has 2 saturated carbocycles. The van der Waals surface area contributed by atoms with Gasteiger partial charge in [-0.25, -0.2) is 18.2 Å². The van der Waals surface area contributed by atoms with E-state index in [-0.39, 0.29) is 18.9 Å². The standard InChI is InChI=1S/C24H38FN7.C6H10F2.C3H6/c1-17(2)31-22(9-11-26)19(4)29-15-21-16-30-23(32-21)12-20(13-27)14-28-18(3)8-7-10-24(5,6)25;7-6(8)4-2-1-3-5-6;1-2-3-1/h9,11-13,16-17,27-29H,3-4,7-8,10,14-15,26H2,1-2,5-6H3,(H,30,32);1-5H2;1-3H2/b11-9-,20-12+,27-13?,31-22?;;. The summed E-state index contributed by atoms with van der Waals surface area (Å²) in [6, 6.07) is 0.128. The summed E-state index contributed by atoms with van der Waals surface area (Å²) < 4.78 is 38.0. The zero-order chi connectivity index (χ0) is 32.3. The third-order valence-corrected chi connectivity index (χ3v) is 6.34. The number of hydrogen-bond donors (Lipinski definition) is 5. The second-order valence-corrected chi connectivity index (χ2v) is 12.0. The molecule has 0 radical (unpaired) electrons. The number of nitrogens with one attached hydrogen (secondary N) is 4. The summed E-state index contributed by atoms with van der Waals surface area (Å²) in [5.74, 6) is -1.67. The molecule has 3 rings (SSSR count). The molecule has 0 spiro atoms. The van der Waals surface area contributed by atoms with Gasteiger partial charge < -0.3 is 26.8 Å². The Labute approximate surface area is 257 Å². The van der Waals surface area contributed by atoms with Crippen molar-refractivity contribution in [2.45, 2.75) is 123 Å². The maximum Gasteiger partial charge on any atom is 0.248 e. The van der Waals surface area contributed by atoms with Gasteiger partial charge in [0.15, 0.2) is 0 Å². The van der Waals surface area contributed by atoms with Gasteiger partial charge in [0.05, 0.1) is 29.8 Å². The summed E-state index contributed by atoms with van der Waals surface area (Å²) in [4.78, 5) is 12.1. The SMILES string of the molecule is C1CC1.C=C(CCCC(C)(C)F)NC/C(C=N)=C/c1ncc(CNC(=C)C(/C=C\N)=NC(C)C)[nH]1.FC1(F)CCCCC1. The monoisotopic (exact) mass is 605 g/mol. The molecule has 43 heavy (non-hydrogen) atoms. The smallest absolute Gasteiger partial charge is 0.248 e. The van der Waals surface area contributed by atoms with Gasteiger partial charge in [-0.15, -0.1) is 0 Å². The summed E-state index contributed by atoms with van der Waals surface area (Å²) in [6.45, 7) is 16.1. The highest BCUT2D eigenvalue weighted by Crippen LogP contribution is 2.32. The number of aromatic amines is 1. The molecule has 0 saturated heterocycles. The Balaban J connectivity index is 0.000000691. The molecule has 0 bridgehead atoms. The van der Waals surface area contributed by atoms with Crippen LogP contribution in [0.1, 0.15) is 110 Å². The van der Waals surface area contributed by atoms with Crippen LogP contribution in [0.25, 0.3) is 6.08 Å². The van der Waals surface area contributed by atoms with E-state index in [2.05, 4.69) is 38.8 Å². The van der Waals surface area contributed by atoms with Crippen molar-refractivity contribution in [3.05, 3.63) is 60.1 Å². The third kappa shape index (κ3) is 20.3. The average molecular weight is 606 g/mol. The van der Waals surface area contributed by atoms with Gasteiger partial charge in [0.1, 0.15) is 11.5 Å². The first kappa shape index (κ1) is 37.7. The number of nitrogens with zero attached hydrogens (tertiary/aromatic N) is 2. The van der Waals surface area contributed by atoms with E-state index in [1.165, 1.54) is 31.7 Å². The van der Waals surface area contributed by atoms with E-state index in [0.29, 0.717) is 56.0 Å². The Kier molecular flexibility index (Phi) is 17.4. The van der Waals surface area contributed by atoms with Crippen LogP contribution >= 0.6 is 0 Å². The van der Waals surface area contributed by atoms with Gasteiger partial charge in [-0.2, -0.15) is 0 Å². The number of H-pyrrole nitrogens is 1. The van der Waals surface area contributed by atoms with Crippen LogP contribution < -0.4 is 16.4 Å². The van der Waals surface area contributed by atoms with Crippen molar-refractivity contribution < 1.29 is 13.2 Å². The van der Waals surface area contributed by atoms with Crippen LogP contribution in [-0.2, 0) is 6.54 Å². The Morgan fingerprint density at radius 2 is 1.79 bits per heavy atom. The van der Waals surface area contributed by atoms with Gasteiger partial charge in [-0.05, 0) is 83.7 Å². The average Bonchev–Trinajstić information content (AvgIpc) is 3.75. The van der Waals surface area contributed by atoms with Crippen LogP contribution in [0.3, 0.4) is 0 Å². The number of aromatic nitrogens is 2. The van der Waals surface area contributed by atoms with Crippen molar-refractivity contribution in [1.82, 2.24) is 20.6 Å². The zero-order valence-corrected chi connectivity index (χ0v) is 26.7. The van der Waals surface area contributed by atoms with Crippen molar-refractivity contribution in [2.75, 3.05) is 6.54 Å². The van der Waals surface area contributed by atoms with Gasteiger partial charge in [0.2, 0.25) is 5.92 Å². The van der Waals surface area contributed by atoms with E-state index in [1.807, 2.05) is 13.8 Å². The van der Waals surface area contributed by atoms with E-state index in [4.69, 9.17) is 11.1 Å². The van der Waals surface area contributed by atoms with E-state index < -0.39 is 11.6 Å². The molecule has 7 nitrogen and oxygen atoms in total.